The summed E-state index contributed by atoms with van der Waals surface area (Å²) >= 11 is 0. The van der Waals surface area contributed by atoms with Gasteiger partial charge in [0.2, 0.25) is 0 Å². The van der Waals surface area contributed by atoms with E-state index in [0.29, 0.717) is 0 Å². The fourth-order valence-electron chi connectivity index (χ4n) is 14.7. The maximum absolute atomic E-state index is 6.82. The SMILES string of the molecule is CC1(C)c2ccccc2Oc2cccc(-c3cccc4c(-c5cccc6c5-c5ccccc5C65c6ccccc6-c6c5ccc5ccccc65)c5cccc(-c6cccc7c6C(C)(C)c6ccccc6O7)c5cc34)c21. The van der Waals surface area contributed by atoms with Gasteiger partial charge in [-0.15, -0.1) is 0 Å². The molecule has 12 aromatic carbocycles. The van der Waals surface area contributed by atoms with Gasteiger partial charge in [0.1, 0.15) is 23.0 Å². The zero-order chi connectivity index (χ0) is 50.0. The van der Waals surface area contributed by atoms with E-state index in [2.05, 4.69) is 258 Å². The first-order chi connectivity index (χ1) is 36.7. The van der Waals surface area contributed by atoms with Gasteiger partial charge < -0.3 is 9.47 Å². The number of hydrogen-bond donors (Lipinski definition) is 0. The highest BCUT2D eigenvalue weighted by molar-refractivity contribution is 6.21. The third-order valence-electron chi connectivity index (χ3n) is 17.8. The Kier molecular flexibility index (Phi) is 8.54. The maximum Gasteiger partial charge on any atom is 0.132 e. The predicted octanol–water partition coefficient (Wildman–Crippen LogP) is 19.4. The van der Waals surface area contributed by atoms with E-state index in [0.717, 1.165) is 23.0 Å². The van der Waals surface area contributed by atoms with E-state index in [1.165, 1.54) is 132 Å². The molecule has 0 bridgehead atoms. The third kappa shape index (κ3) is 5.48. The number of hydrogen-bond acceptors (Lipinski definition) is 2. The monoisotopic (exact) mass is 958 g/mol. The lowest BCUT2D eigenvalue weighted by atomic mass is 9.70. The van der Waals surface area contributed by atoms with E-state index in [-0.39, 0.29) is 10.8 Å². The molecule has 1 unspecified atom stereocenters. The van der Waals surface area contributed by atoms with E-state index in [1.54, 1.807) is 0 Å². The summed E-state index contributed by atoms with van der Waals surface area (Å²) in [4.78, 5) is 0. The lowest BCUT2D eigenvalue weighted by Gasteiger charge is -2.36. The van der Waals surface area contributed by atoms with Crippen molar-refractivity contribution < 1.29 is 9.47 Å². The Hall–Kier alpha value is -8.98. The van der Waals surface area contributed by atoms with E-state index in [9.17, 15) is 0 Å². The average molecular weight is 959 g/mol. The molecule has 4 aliphatic rings. The summed E-state index contributed by atoms with van der Waals surface area (Å²) in [5.41, 5.74) is 21.3. The van der Waals surface area contributed by atoms with E-state index < -0.39 is 5.41 Å². The van der Waals surface area contributed by atoms with Gasteiger partial charge in [0.05, 0.1) is 5.41 Å². The number of rotatable bonds is 3. The van der Waals surface area contributed by atoms with Crippen LogP contribution in [-0.4, -0.2) is 0 Å². The van der Waals surface area contributed by atoms with Gasteiger partial charge in [0.25, 0.3) is 0 Å². The summed E-state index contributed by atoms with van der Waals surface area (Å²) < 4.78 is 13.6. The van der Waals surface area contributed by atoms with Gasteiger partial charge in [-0.25, -0.2) is 0 Å². The fraction of sp³-hybridized carbons (Fsp3) is 0.0959. The van der Waals surface area contributed by atoms with Crippen LogP contribution in [0.2, 0.25) is 0 Å². The van der Waals surface area contributed by atoms with Crippen molar-refractivity contribution in [3.05, 3.63) is 275 Å². The molecule has 354 valence electrons. The summed E-state index contributed by atoms with van der Waals surface area (Å²) in [5.74, 6) is 3.64. The highest BCUT2D eigenvalue weighted by Crippen LogP contribution is 2.66. The average Bonchev–Trinajstić information content (AvgIpc) is 4.16. The minimum Gasteiger partial charge on any atom is -0.457 e. The normalized spacial score (nSPS) is 16.5. The number of benzene rings is 12. The molecule has 1 atom stereocenters. The molecule has 2 aliphatic heterocycles. The number of para-hydroxylation sites is 2. The molecule has 0 amide bonds. The van der Waals surface area contributed by atoms with Crippen molar-refractivity contribution in [2.75, 3.05) is 0 Å². The summed E-state index contributed by atoms with van der Waals surface area (Å²) in [7, 11) is 0. The lowest BCUT2D eigenvalue weighted by molar-refractivity contribution is 0.418. The molecule has 12 aromatic rings. The van der Waals surface area contributed by atoms with Gasteiger partial charge in [-0.3, -0.25) is 0 Å². The lowest BCUT2D eigenvalue weighted by Crippen LogP contribution is -2.25. The highest BCUT2D eigenvalue weighted by atomic mass is 16.5. The first-order valence-corrected chi connectivity index (χ1v) is 26.4. The topological polar surface area (TPSA) is 18.5 Å². The Morgan fingerprint density at radius 1 is 0.253 bits per heavy atom. The minimum atomic E-state index is -0.523. The molecule has 0 saturated carbocycles. The Bertz CT molecular complexity index is 4320. The van der Waals surface area contributed by atoms with Gasteiger partial charge >= 0.3 is 0 Å². The van der Waals surface area contributed by atoms with Gasteiger partial charge in [-0.05, 0) is 141 Å². The fourth-order valence-corrected chi connectivity index (χ4v) is 14.7. The zero-order valence-corrected chi connectivity index (χ0v) is 42.3. The molecule has 0 fully saturated rings. The Balaban J connectivity index is 1.03. The van der Waals surface area contributed by atoms with Crippen LogP contribution >= 0.6 is 0 Å². The summed E-state index contributed by atoms with van der Waals surface area (Å²) in [6.45, 7) is 9.40. The largest absolute Gasteiger partial charge is 0.457 e. The van der Waals surface area contributed by atoms with E-state index in [1.807, 2.05) is 0 Å². The molecule has 0 aromatic heterocycles. The standard InChI is InChI=1S/C73H50O2/c1-71(2)58-33-11-13-36-62(58)74-64-38-18-28-49(69(64)71)45-24-15-26-47-54(45)42-55-46(50-29-19-39-65-70(50)72(3,4)59-34-12-14-37-63(59)75-65)25-16-27-48(55)66(47)53-30-17-35-60-68(53)52-23-8-10-32-57(52)73(60)56-31-9-7-22-51(56)67-44-21-6-5-20-43(44)40-41-61(67)73/h5-42H,1-4H3. The quantitative estimate of drug-likeness (QED) is 0.164. The minimum absolute atomic E-state index is 0.337. The predicted molar refractivity (Wildman–Crippen MR) is 309 cm³/mol. The van der Waals surface area contributed by atoms with Crippen LogP contribution in [-0.2, 0) is 16.2 Å². The van der Waals surface area contributed by atoms with Crippen molar-refractivity contribution in [3.8, 4) is 78.6 Å². The molecule has 2 aliphatic carbocycles. The van der Waals surface area contributed by atoms with Crippen LogP contribution in [0, 0.1) is 0 Å². The molecule has 2 nitrogen and oxygen atoms in total. The van der Waals surface area contributed by atoms with Crippen molar-refractivity contribution >= 4 is 32.3 Å². The van der Waals surface area contributed by atoms with Crippen LogP contribution in [0.3, 0.4) is 0 Å². The van der Waals surface area contributed by atoms with Gasteiger partial charge in [-0.2, -0.15) is 0 Å². The molecular formula is C73H50O2. The number of fused-ring (bicyclic) bond motifs is 18. The summed E-state index contributed by atoms with van der Waals surface area (Å²) in [6.07, 6.45) is 0. The third-order valence-corrected chi connectivity index (χ3v) is 17.8. The van der Waals surface area contributed by atoms with Crippen LogP contribution in [0.1, 0.15) is 72.2 Å². The molecule has 75 heavy (non-hydrogen) atoms. The van der Waals surface area contributed by atoms with Crippen molar-refractivity contribution in [2.45, 2.75) is 43.9 Å². The van der Waals surface area contributed by atoms with Crippen LogP contribution in [0.4, 0.5) is 0 Å². The van der Waals surface area contributed by atoms with Gasteiger partial charge in [0, 0.05) is 33.1 Å². The van der Waals surface area contributed by atoms with Crippen LogP contribution in [0.25, 0.3) is 88.0 Å². The highest BCUT2D eigenvalue weighted by Gasteiger charge is 2.53. The maximum atomic E-state index is 6.82. The Morgan fingerprint density at radius 2 is 0.653 bits per heavy atom. The smallest absolute Gasteiger partial charge is 0.132 e. The first-order valence-electron chi connectivity index (χ1n) is 26.4. The number of ether oxygens (including phenoxy) is 2. The van der Waals surface area contributed by atoms with E-state index >= 15 is 0 Å². The first kappa shape index (κ1) is 42.5. The molecule has 0 saturated heterocycles. The second-order valence-electron chi connectivity index (χ2n) is 22.1. The molecule has 0 N–H and O–H groups in total. The Morgan fingerprint density at radius 3 is 1.25 bits per heavy atom. The van der Waals surface area contributed by atoms with Crippen molar-refractivity contribution in [1.29, 1.82) is 0 Å². The van der Waals surface area contributed by atoms with E-state index in [4.69, 9.17) is 9.47 Å². The van der Waals surface area contributed by atoms with Crippen LogP contribution in [0.15, 0.2) is 231 Å². The van der Waals surface area contributed by atoms with Crippen molar-refractivity contribution in [2.24, 2.45) is 0 Å². The summed E-state index contributed by atoms with van der Waals surface area (Å²) in [5, 5.41) is 7.37. The van der Waals surface area contributed by atoms with Gasteiger partial charge in [0.15, 0.2) is 0 Å². The molecule has 16 rings (SSSR count). The zero-order valence-electron chi connectivity index (χ0n) is 42.3. The molecular weight excluding hydrogens is 909 g/mol. The van der Waals surface area contributed by atoms with Crippen molar-refractivity contribution in [1.82, 2.24) is 0 Å². The van der Waals surface area contributed by atoms with Crippen LogP contribution < -0.4 is 9.47 Å². The van der Waals surface area contributed by atoms with Gasteiger partial charge in [-0.1, -0.05) is 228 Å². The summed E-state index contributed by atoms with van der Waals surface area (Å²) in [6, 6.07) is 86.1. The molecule has 2 heterocycles. The molecule has 0 radical (unpaired) electrons. The second kappa shape index (κ2) is 15.1. The van der Waals surface area contributed by atoms with Crippen molar-refractivity contribution in [3.63, 3.8) is 0 Å². The Labute approximate surface area is 437 Å². The second-order valence-corrected chi connectivity index (χ2v) is 22.1. The molecule has 2 heteroatoms. The van der Waals surface area contributed by atoms with Crippen LogP contribution in [0.5, 0.6) is 23.0 Å². The molecule has 1 spiro atoms.